The molecular formula is C29H39N3O4. The molecule has 3 amide bonds. The van der Waals surface area contributed by atoms with E-state index in [4.69, 9.17) is 4.74 Å². The van der Waals surface area contributed by atoms with Crippen molar-refractivity contribution in [3.8, 4) is 0 Å². The summed E-state index contributed by atoms with van der Waals surface area (Å²) in [7, 11) is 1.67. The number of amides is 3. The van der Waals surface area contributed by atoms with Crippen molar-refractivity contribution in [3.63, 3.8) is 0 Å². The normalized spacial score (nSPS) is 22.2. The molecule has 2 aromatic carbocycles. The van der Waals surface area contributed by atoms with E-state index in [0.29, 0.717) is 25.3 Å². The van der Waals surface area contributed by atoms with Gasteiger partial charge in [-0.3, -0.25) is 0 Å². The Morgan fingerprint density at radius 2 is 1.75 bits per heavy atom. The molecule has 2 aliphatic rings. The van der Waals surface area contributed by atoms with E-state index in [0.717, 1.165) is 37.1 Å². The minimum Gasteiger partial charge on any atom is -0.438 e. The lowest BCUT2D eigenvalue weighted by atomic mass is 9.80. The van der Waals surface area contributed by atoms with E-state index in [1.165, 1.54) is 5.56 Å². The summed E-state index contributed by atoms with van der Waals surface area (Å²) in [5.74, 6) is 0.434. The van der Waals surface area contributed by atoms with Gasteiger partial charge in [-0.25, -0.2) is 9.59 Å². The minimum atomic E-state index is -0.976. The Labute approximate surface area is 214 Å². The molecule has 2 atom stereocenters. The maximum absolute atomic E-state index is 13.3. The second-order valence-electron chi connectivity index (χ2n) is 10.8. The maximum Gasteiger partial charge on any atom is 0.411 e. The van der Waals surface area contributed by atoms with Crippen molar-refractivity contribution in [2.24, 2.45) is 0 Å². The first-order chi connectivity index (χ1) is 17.1. The van der Waals surface area contributed by atoms with Gasteiger partial charge in [-0.15, -0.1) is 0 Å². The van der Waals surface area contributed by atoms with Gasteiger partial charge in [-0.05, 0) is 56.2 Å². The lowest BCUT2D eigenvalue weighted by Crippen LogP contribution is -2.51. The van der Waals surface area contributed by atoms with Crippen molar-refractivity contribution >= 4 is 12.1 Å². The summed E-state index contributed by atoms with van der Waals surface area (Å²) in [4.78, 5) is 28.8. The smallest absolute Gasteiger partial charge is 0.411 e. The lowest BCUT2D eigenvalue weighted by molar-refractivity contribution is -0.101. The zero-order chi connectivity index (χ0) is 25.9. The second-order valence-corrected chi connectivity index (χ2v) is 10.8. The van der Waals surface area contributed by atoms with Crippen LogP contribution in [-0.2, 0) is 10.3 Å². The monoisotopic (exact) mass is 493 g/mol. The van der Waals surface area contributed by atoms with Crippen LogP contribution in [0.15, 0.2) is 54.6 Å². The number of carbonyl (C=O) groups is 2. The quantitative estimate of drug-likeness (QED) is 0.582. The Balaban J connectivity index is 1.43. The minimum absolute atomic E-state index is 0.00937. The Morgan fingerprint density at radius 1 is 1.11 bits per heavy atom. The van der Waals surface area contributed by atoms with Crippen molar-refractivity contribution < 1.29 is 19.4 Å². The van der Waals surface area contributed by atoms with E-state index >= 15 is 0 Å². The number of nitrogens with zero attached hydrogens (tertiary/aromatic N) is 2. The van der Waals surface area contributed by atoms with Gasteiger partial charge in [0.2, 0.25) is 0 Å². The van der Waals surface area contributed by atoms with Gasteiger partial charge in [0.15, 0.2) is 0 Å². The fourth-order valence-electron chi connectivity index (χ4n) is 5.69. The zero-order valence-electron chi connectivity index (χ0n) is 21.9. The van der Waals surface area contributed by atoms with Gasteiger partial charge in [0.1, 0.15) is 5.60 Å². The largest absolute Gasteiger partial charge is 0.438 e. The molecule has 0 spiro atoms. The molecule has 0 saturated carbocycles. The van der Waals surface area contributed by atoms with Crippen LogP contribution in [0, 0.1) is 0 Å². The number of urea groups is 1. The summed E-state index contributed by atoms with van der Waals surface area (Å²) in [5.41, 5.74) is 1.43. The fourth-order valence-corrected chi connectivity index (χ4v) is 5.69. The molecule has 2 aromatic rings. The molecule has 2 saturated heterocycles. The van der Waals surface area contributed by atoms with Crippen LogP contribution in [0.1, 0.15) is 75.1 Å². The number of ether oxygens (including phenoxy) is 1. The topological polar surface area (TPSA) is 82.1 Å². The van der Waals surface area contributed by atoms with Crippen molar-refractivity contribution in [2.45, 2.75) is 69.6 Å². The molecule has 2 N–H and O–H groups in total. The average molecular weight is 494 g/mol. The molecule has 2 heterocycles. The van der Waals surface area contributed by atoms with E-state index in [9.17, 15) is 14.7 Å². The molecule has 0 bridgehead atoms. The number of nitrogens with one attached hydrogen (secondary N) is 1. The third-order valence-corrected chi connectivity index (χ3v) is 7.65. The summed E-state index contributed by atoms with van der Waals surface area (Å²) in [6.07, 6.45) is 2.49. The third-order valence-electron chi connectivity index (χ3n) is 7.65. The van der Waals surface area contributed by atoms with Crippen molar-refractivity contribution in [1.82, 2.24) is 15.1 Å². The number of hydrogen-bond donors (Lipinski definition) is 2. The Kier molecular flexibility index (Phi) is 7.59. The number of benzene rings is 2. The number of piperidine rings is 1. The standard InChI is InChI=1S/C29H39N3O4/c1-21(22-10-12-23(13-11-22)24-14-17-31(18-15-24)26(33)30-4)32-19-16-29(36-27(32)34,20-28(2,3)35)25-8-6-5-7-9-25/h5-13,21,24,35H,14-20H2,1-4H3,(H,30,33)/t21-,29?/m0/s1. The fraction of sp³-hybridized carbons (Fsp3) is 0.517. The highest BCUT2D eigenvalue weighted by Crippen LogP contribution is 2.42. The number of aliphatic hydroxyl groups is 1. The van der Waals surface area contributed by atoms with Crippen LogP contribution in [-0.4, -0.2) is 59.3 Å². The maximum atomic E-state index is 13.3. The van der Waals surface area contributed by atoms with Gasteiger partial charge in [-0.2, -0.15) is 0 Å². The molecule has 0 radical (unpaired) electrons. The zero-order valence-corrected chi connectivity index (χ0v) is 21.9. The molecule has 1 unspecified atom stereocenters. The predicted octanol–water partition coefficient (Wildman–Crippen LogP) is 5.17. The van der Waals surface area contributed by atoms with Gasteiger partial charge in [0.05, 0.1) is 11.6 Å². The molecule has 7 heteroatoms. The van der Waals surface area contributed by atoms with Crippen molar-refractivity contribution in [2.75, 3.05) is 26.7 Å². The highest BCUT2D eigenvalue weighted by Gasteiger charge is 2.46. The summed E-state index contributed by atoms with van der Waals surface area (Å²) in [6, 6.07) is 18.1. The van der Waals surface area contributed by atoms with E-state index < -0.39 is 11.2 Å². The van der Waals surface area contributed by atoms with E-state index in [1.807, 2.05) is 42.2 Å². The SMILES string of the molecule is CNC(=O)N1CCC(c2ccc([C@H](C)N3CCC(CC(C)(C)O)(c4ccccc4)OC3=O)cc2)CC1. The van der Waals surface area contributed by atoms with Gasteiger partial charge in [-0.1, -0.05) is 54.6 Å². The molecule has 2 aliphatic heterocycles. The Morgan fingerprint density at radius 3 is 2.31 bits per heavy atom. The van der Waals surface area contributed by atoms with Gasteiger partial charge < -0.3 is 25.0 Å². The first kappa shape index (κ1) is 26.0. The molecule has 7 nitrogen and oxygen atoms in total. The highest BCUT2D eigenvalue weighted by molar-refractivity contribution is 5.73. The summed E-state index contributed by atoms with van der Waals surface area (Å²) in [6.45, 7) is 7.61. The predicted molar refractivity (Wildman–Crippen MR) is 140 cm³/mol. The molecule has 194 valence electrons. The molecule has 36 heavy (non-hydrogen) atoms. The van der Waals surface area contributed by atoms with Gasteiger partial charge in [0.25, 0.3) is 0 Å². The Bertz CT molecular complexity index is 1040. The molecule has 2 fully saturated rings. The lowest BCUT2D eigenvalue weighted by Gasteiger charge is -2.45. The molecule has 4 rings (SSSR count). The van der Waals surface area contributed by atoms with Crippen LogP contribution < -0.4 is 5.32 Å². The number of cyclic esters (lactones) is 1. The first-order valence-electron chi connectivity index (χ1n) is 13.0. The van der Waals surface area contributed by atoms with E-state index in [2.05, 4.69) is 29.6 Å². The van der Waals surface area contributed by atoms with Crippen LogP contribution in [0.3, 0.4) is 0 Å². The van der Waals surface area contributed by atoms with Gasteiger partial charge in [0, 0.05) is 39.5 Å². The molecule has 0 aromatic heterocycles. The third kappa shape index (κ3) is 5.67. The number of hydrogen-bond acceptors (Lipinski definition) is 4. The summed E-state index contributed by atoms with van der Waals surface area (Å²) < 4.78 is 6.14. The van der Waals surface area contributed by atoms with E-state index in [-0.39, 0.29) is 18.2 Å². The number of rotatable bonds is 6. The summed E-state index contributed by atoms with van der Waals surface area (Å²) in [5, 5.41) is 13.3. The molecule has 0 aliphatic carbocycles. The summed E-state index contributed by atoms with van der Waals surface area (Å²) >= 11 is 0. The van der Waals surface area contributed by atoms with Crippen LogP contribution in [0.5, 0.6) is 0 Å². The second kappa shape index (κ2) is 10.5. The van der Waals surface area contributed by atoms with Crippen LogP contribution in [0.4, 0.5) is 9.59 Å². The van der Waals surface area contributed by atoms with Crippen LogP contribution >= 0.6 is 0 Å². The molecular weight excluding hydrogens is 454 g/mol. The van der Waals surface area contributed by atoms with E-state index in [1.54, 1.807) is 25.8 Å². The van der Waals surface area contributed by atoms with Gasteiger partial charge >= 0.3 is 12.1 Å². The number of likely N-dealkylation sites (tertiary alicyclic amines) is 1. The first-order valence-corrected chi connectivity index (χ1v) is 13.0. The van der Waals surface area contributed by atoms with Crippen molar-refractivity contribution in [3.05, 3.63) is 71.3 Å². The number of carbonyl (C=O) groups excluding carboxylic acids is 2. The highest BCUT2D eigenvalue weighted by atomic mass is 16.6. The Hall–Kier alpha value is -3.06. The average Bonchev–Trinajstić information content (AvgIpc) is 2.88. The van der Waals surface area contributed by atoms with Crippen molar-refractivity contribution in [1.29, 1.82) is 0 Å². The van der Waals surface area contributed by atoms with Crippen LogP contribution in [0.2, 0.25) is 0 Å². The van der Waals surface area contributed by atoms with Crippen LogP contribution in [0.25, 0.3) is 0 Å².